The predicted molar refractivity (Wildman–Crippen MR) is 107 cm³/mol. The number of aryl methyl sites for hydroxylation is 1. The van der Waals surface area contributed by atoms with Crippen LogP contribution in [0.25, 0.3) is 10.9 Å². The van der Waals surface area contributed by atoms with Crippen LogP contribution in [0.1, 0.15) is 30.3 Å². The Labute approximate surface area is 166 Å². The summed E-state index contributed by atoms with van der Waals surface area (Å²) in [5.41, 5.74) is 7.37. The maximum Gasteiger partial charge on any atom is 0.264 e. The number of ether oxygens (including phenoxy) is 1. The van der Waals surface area contributed by atoms with Crippen molar-refractivity contribution in [3.63, 3.8) is 0 Å². The van der Waals surface area contributed by atoms with Crippen molar-refractivity contribution in [3.05, 3.63) is 64.2 Å². The van der Waals surface area contributed by atoms with Gasteiger partial charge in [0, 0.05) is 18.6 Å². The molecule has 0 bridgehead atoms. The van der Waals surface area contributed by atoms with Gasteiger partial charge in [0.05, 0.1) is 16.6 Å². The van der Waals surface area contributed by atoms with Crippen LogP contribution >= 0.6 is 0 Å². The molecule has 3 aromatic rings. The monoisotopic (exact) mass is 392 g/mol. The normalized spacial score (nSPS) is 16.7. The average molecular weight is 392 g/mol. The third kappa shape index (κ3) is 3.56. The zero-order valence-electron chi connectivity index (χ0n) is 15.8. The molecule has 4 rings (SSSR count). The Morgan fingerprint density at radius 3 is 2.69 bits per heavy atom. The van der Waals surface area contributed by atoms with E-state index in [4.69, 9.17) is 10.5 Å². The number of rotatable bonds is 4. The van der Waals surface area contributed by atoms with Gasteiger partial charge in [0.2, 0.25) is 11.8 Å². The highest BCUT2D eigenvalue weighted by Gasteiger charge is 2.30. The number of nitrogens with zero attached hydrogens (tertiary/aromatic N) is 2. The quantitative estimate of drug-likeness (QED) is 0.517. The molecule has 1 aliphatic rings. The number of carbonyl (C=O) groups is 2. The van der Waals surface area contributed by atoms with E-state index in [2.05, 4.69) is 10.3 Å². The zero-order chi connectivity index (χ0) is 20.5. The number of imide groups is 1. The van der Waals surface area contributed by atoms with Gasteiger partial charge in [0.25, 0.3) is 5.56 Å². The number of aromatic nitrogens is 2. The number of anilines is 1. The lowest BCUT2D eigenvalue weighted by molar-refractivity contribution is -0.135. The number of benzene rings is 2. The van der Waals surface area contributed by atoms with E-state index in [9.17, 15) is 14.4 Å². The number of piperidine rings is 1. The van der Waals surface area contributed by atoms with Crippen molar-refractivity contribution in [1.82, 2.24) is 14.9 Å². The first kappa shape index (κ1) is 18.7. The molecular formula is C21H20N4O4. The molecule has 2 aromatic carbocycles. The Balaban J connectivity index is 1.71. The fourth-order valence-electron chi connectivity index (χ4n) is 3.56. The van der Waals surface area contributed by atoms with Crippen LogP contribution in [0.5, 0.6) is 5.75 Å². The minimum atomic E-state index is -0.787. The van der Waals surface area contributed by atoms with Crippen LogP contribution in [0.4, 0.5) is 5.69 Å². The Bertz CT molecular complexity index is 1170. The number of nitrogens with two attached hydrogens (primary N) is 1. The molecule has 1 fully saturated rings. The van der Waals surface area contributed by atoms with E-state index in [-0.39, 0.29) is 29.8 Å². The van der Waals surface area contributed by atoms with E-state index >= 15 is 0 Å². The minimum Gasteiger partial charge on any atom is -0.489 e. The Hall–Kier alpha value is -3.68. The lowest BCUT2D eigenvalue weighted by Gasteiger charge is -2.24. The summed E-state index contributed by atoms with van der Waals surface area (Å²) in [5.74, 6) is 0.0277. The molecule has 0 radical (unpaired) electrons. The molecule has 148 valence electrons. The van der Waals surface area contributed by atoms with Gasteiger partial charge in [-0.1, -0.05) is 30.3 Å². The van der Waals surface area contributed by atoms with Crippen molar-refractivity contribution < 1.29 is 14.3 Å². The van der Waals surface area contributed by atoms with Crippen molar-refractivity contribution in [3.8, 4) is 5.75 Å². The molecule has 8 nitrogen and oxygen atoms in total. The van der Waals surface area contributed by atoms with Gasteiger partial charge in [-0.3, -0.25) is 24.3 Å². The molecule has 0 aliphatic carbocycles. The second-order valence-electron chi connectivity index (χ2n) is 6.98. The number of nitrogens with one attached hydrogen (secondary N) is 1. The van der Waals surface area contributed by atoms with E-state index in [1.54, 1.807) is 19.1 Å². The van der Waals surface area contributed by atoms with Gasteiger partial charge in [0.1, 0.15) is 24.2 Å². The molecular weight excluding hydrogens is 372 g/mol. The van der Waals surface area contributed by atoms with Crippen LogP contribution in [0, 0.1) is 6.92 Å². The lowest BCUT2D eigenvalue weighted by Crippen LogP contribution is -2.45. The zero-order valence-corrected chi connectivity index (χ0v) is 15.8. The summed E-state index contributed by atoms with van der Waals surface area (Å²) in [5, 5.41) is 2.50. The van der Waals surface area contributed by atoms with Crippen LogP contribution in [0.15, 0.2) is 47.3 Å². The van der Waals surface area contributed by atoms with Gasteiger partial charge in [-0.25, -0.2) is 4.98 Å². The fraction of sp³-hybridized carbons (Fsp3) is 0.238. The second-order valence-corrected chi connectivity index (χ2v) is 6.98. The van der Waals surface area contributed by atoms with E-state index < -0.39 is 17.5 Å². The summed E-state index contributed by atoms with van der Waals surface area (Å²) in [6, 6.07) is 12.1. The number of hydrogen-bond acceptors (Lipinski definition) is 6. The topological polar surface area (TPSA) is 116 Å². The van der Waals surface area contributed by atoms with E-state index in [0.717, 1.165) is 5.56 Å². The van der Waals surface area contributed by atoms with Crippen LogP contribution in [-0.4, -0.2) is 21.4 Å². The minimum absolute atomic E-state index is 0.169. The fourth-order valence-corrected chi connectivity index (χ4v) is 3.56. The second kappa shape index (κ2) is 7.38. The molecule has 2 heterocycles. The van der Waals surface area contributed by atoms with Gasteiger partial charge < -0.3 is 10.5 Å². The van der Waals surface area contributed by atoms with Crippen molar-refractivity contribution in [1.29, 1.82) is 0 Å². The average Bonchev–Trinajstić information content (AvgIpc) is 2.68. The van der Waals surface area contributed by atoms with Gasteiger partial charge in [-0.2, -0.15) is 0 Å². The molecule has 1 atom stereocenters. The molecule has 2 amide bonds. The van der Waals surface area contributed by atoms with Crippen LogP contribution in [-0.2, 0) is 16.2 Å². The first-order valence-electron chi connectivity index (χ1n) is 9.27. The number of carbonyl (C=O) groups excluding carboxylic acids is 2. The summed E-state index contributed by atoms with van der Waals surface area (Å²) >= 11 is 0. The van der Waals surface area contributed by atoms with Crippen molar-refractivity contribution in [2.75, 3.05) is 5.73 Å². The van der Waals surface area contributed by atoms with Crippen molar-refractivity contribution in [2.24, 2.45) is 0 Å². The number of fused-ring (bicyclic) bond motifs is 1. The number of amides is 2. The Morgan fingerprint density at radius 2 is 1.97 bits per heavy atom. The van der Waals surface area contributed by atoms with E-state index in [1.165, 1.54) is 4.57 Å². The van der Waals surface area contributed by atoms with Crippen LogP contribution < -0.4 is 21.3 Å². The van der Waals surface area contributed by atoms with Crippen molar-refractivity contribution in [2.45, 2.75) is 32.4 Å². The highest BCUT2D eigenvalue weighted by Crippen LogP contribution is 2.26. The van der Waals surface area contributed by atoms with E-state index in [1.807, 2.05) is 30.3 Å². The molecule has 1 aliphatic heterocycles. The highest BCUT2D eigenvalue weighted by molar-refractivity contribution is 5.99. The van der Waals surface area contributed by atoms with Gasteiger partial charge in [-0.05, 0) is 18.9 Å². The maximum absolute atomic E-state index is 13.1. The maximum atomic E-state index is 13.1. The first-order valence-corrected chi connectivity index (χ1v) is 9.27. The van der Waals surface area contributed by atoms with E-state index in [0.29, 0.717) is 23.7 Å². The van der Waals surface area contributed by atoms with Crippen LogP contribution in [0.2, 0.25) is 0 Å². The summed E-state index contributed by atoms with van der Waals surface area (Å²) in [6.07, 6.45) is 0.416. The predicted octanol–water partition coefficient (Wildman–Crippen LogP) is 1.84. The summed E-state index contributed by atoms with van der Waals surface area (Å²) in [6.45, 7) is 2.01. The number of hydrogen-bond donors (Lipinski definition) is 2. The Morgan fingerprint density at radius 1 is 1.21 bits per heavy atom. The van der Waals surface area contributed by atoms with Gasteiger partial charge >= 0.3 is 0 Å². The molecule has 1 saturated heterocycles. The highest BCUT2D eigenvalue weighted by atomic mass is 16.5. The smallest absolute Gasteiger partial charge is 0.264 e. The molecule has 8 heteroatoms. The molecule has 0 saturated carbocycles. The third-order valence-corrected chi connectivity index (χ3v) is 4.96. The SMILES string of the molecule is Cc1nc2cc(OCc3ccccc3)cc(N)c2c(=O)n1[C@H]1CCC(=O)NC1=O. The summed E-state index contributed by atoms with van der Waals surface area (Å²) < 4.78 is 7.12. The van der Waals surface area contributed by atoms with Gasteiger partial charge in [-0.15, -0.1) is 0 Å². The molecule has 1 aromatic heterocycles. The largest absolute Gasteiger partial charge is 0.489 e. The van der Waals surface area contributed by atoms with Crippen molar-refractivity contribution >= 4 is 28.4 Å². The number of nitrogen functional groups attached to an aromatic ring is 1. The third-order valence-electron chi connectivity index (χ3n) is 4.96. The molecule has 0 unspecified atom stereocenters. The van der Waals surface area contributed by atoms with Gasteiger partial charge in [0.15, 0.2) is 0 Å². The van der Waals surface area contributed by atoms with Crippen LogP contribution in [0.3, 0.4) is 0 Å². The molecule has 29 heavy (non-hydrogen) atoms. The lowest BCUT2D eigenvalue weighted by atomic mass is 10.1. The standard InChI is InChI=1S/C21H20N4O4/c1-12-23-16-10-14(29-11-13-5-3-2-4-6-13)9-15(22)19(16)21(28)25(12)17-7-8-18(26)24-20(17)27/h2-6,9-10,17H,7-8,11,22H2,1H3,(H,24,26,27)/t17-/m0/s1. The summed E-state index contributed by atoms with van der Waals surface area (Å²) in [7, 11) is 0. The molecule has 3 N–H and O–H groups in total. The summed E-state index contributed by atoms with van der Waals surface area (Å²) in [4.78, 5) is 41.3. The Kier molecular flexibility index (Phi) is 4.75. The molecule has 0 spiro atoms. The first-order chi connectivity index (χ1) is 13.9.